The molecule has 11 heteroatoms. The first-order chi connectivity index (χ1) is 14.6. The molecule has 1 unspecified atom stereocenters. The van der Waals surface area contributed by atoms with Crippen molar-refractivity contribution in [1.29, 1.82) is 0 Å². The largest absolute Gasteiger partial charge is 0.442 e. The molecular formula is C20H32N8O3. The fourth-order valence-electron chi connectivity index (χ4n) is 2.67. The average molecular weight is 433 g/mol. The summed E-state index contributed by atoms with van der Waals surface area (Å²) >= 11 is 0. The first-order valence-electron chi connectivity index (χ1n) is 10.2. The molecule has 2 rings (SSSR count). The minimum absolute atomic E-state index is 0.109. The molecule has 0 aliphatic carbocycles. The van der Waals surface area contributed by atoms with E-state index in [1.807, 2.05) is 33.9 Å². The summed E-state index contributed by atoms with van der Waals surface area (Å²) < 4.78 is 7.03. The number of aromatic nitrogens is 5. The number of pyridine rings is 1. The zero-order chi connectivity index (χ0) is 23.0. The van der Waals surface area contributed by atoms with Crippen LogP contribution in [0.5, 0.6) is 0 Å². The van der Waals surface area contributed by atoms with Gasteiger partial charge in [-0.25, -0.2) is 19.5 Å². The molecule has 170 valence electrons. The lowest BCUT2D eigenvalue weighted by atomic mass is 10.1. The number of nitrogens with one attached hydrogen (secondary N) is 1. The fourth-order valence-corrected chi connectivity index (χ4v) is 2.67. The monoisotopic (exact) mass is 432 g/mol. The molecule has 2 aromatic heterocycles. The van der Waals surface area contributed by atoms with Crippen LogP contribution in [0, 0.1) is 5.92 Å². The molecule has 31 heavy (non-hydrogen) atoms. The summed E-state index contributed by atoms with van der Waals surface area (Å²) in [5.74, 6) is 1.05. The number of ether oxygens (including phenoxy) is 1. The first kappa shape index (κ1) is 24.2. The number of hydrogen-bond donors (Lipinski definition) is 2. The van der Waals surface area contributed by atoms with E-state index in [0.29, 0.717) is 30.3 Å². The van der Waals surface area contributed by atoms with Gasteiger partial charge >= 0.3 is 6.09 Å². The quantitative estimate of drug-likeness (QED) is 0.457. The summed E-state index contributed by atoms with van der Waals surface area (Å²) in [6.07, 6.45) is 2.03. The average Bonchev–Trinajstić information content (AvgIpc) is 3.19. The number of hydrogen-bond acceptors (Lipinski definition) is 9. The first-order valence-corrected chi connectivity index (χ1v) is 10.2. The van der Waals surface area contributed by atoms with Gasteiger partial charge in [-0.3, -0.25) is 5.43 Å². The predicted octanol–water partition coefficient (Wildman–Crippen LogP) is 2.58. The van der Waals surface area contributed by atoms with Crippen LogP contribution in [0.1, 0.15) is 47.1 Å². The number of anilines is 1. The summed E-state index contributed by atoms with van der Waals surface area (Å²) in [4.78, 5) is 21.3. The number of carbonyl (C=O) groups is 1. The van der Waals surface area contributed by atoms with Crippen LogP contribution in [0.4, 0.5) is 10.6 Å². The Morgan fingerprint density at radius 2 is 2.13 bits per heavy atom. The highest BCUT2D eigenvalue weighted by Crippen LogP contribution is 2.20. The molecule has 1 amide bonds. The lowest BCUT2D eigenvalue weighted by Crippen LogP contribution is -2.41. The van der Waals surface area contributed by atoms with Crippen LogP contribution in [0.2, 0.25) is 0 Å². The van der Waals surface area contributed by atoms with Crippen molar-refractivity contribution in [2.75, 3.05) is 25.6 Å². The van der Waals surface area contributed by atoms with Gasteiger partial charge in [0, 0.05) is 19.8 Å². The molecule has 11 nitrogen and oxygen atoms in total. The van der Waals surface area contributed by atoms with Crippen LogP contribution >= 0.6 is 0 Å². The van der Waals surface area contributed by atoms with Crippen molar-refractivity contribution in [2.24, 2.45) is 10.9 Å². The van der Waals surface area contributed by atoms with E-state index in [1.165, 1.54) is 9.69 Å². The van der Waals surface area contributed by atoms with Crippen molar-refractivity contribution in [2.45, 2.75) is 52.7 Å². The highest BCUT2D eigenvalue weighted by Gasteiger charge is 2.23. The van der Waals surface area contributed by atoms with Gasteiger partial charge in [-0.1, -0.05) is 13.0 Å². The second kappa shape index (κ2) is 10.8. The third kappa shape index (κ3) is 7.28. The number of aliphatic hydroxyl groups is 1. The molecule has 2 atom stereocenters. The summed E-state index contributed by atoms with van der Waals surface area (Å²) in [5.41, 5.74) is 2.91. The minimum Gasteiger partial charge on any atom is -0.442 e. The third-order valence-corrected chi connectivity index (χ3v) is 4.23. The van der Waals surface area contributed by atoms with Gasteiger partial charge in [0.25, 0.3) is 0 Å². The molecular weight excluding hydrogens is 400 g/mol. The second-order valence-corrected chi connectivity index (χ2v) is 8.30. The van der Waals surface area contributed by atoms with Crippen molar-refractivity contribution in [1.82, 2.24) is 30.2 Å². The fraction of sp³-hybridized carbons (Fsp3) is 0.600. The molecule has 0 bridgehead atoms. The van der Waals surface area contributed by atoms with Gasteiger partial charge in [0.15, 0.2) is 0 Å². The Bertz CT molecular complexity index is 877. The Morgan fingerprint density at radius 3 is 2.77 bits per heavy atom. The topological polar surface area (TPSA) is 131 Å². The summed E-state index contributed by atoms with van der Waals surface area (Å²) in [5, 5.41) is 22.5. The maximum absolute atomic E-state index is 12.7. The van der Waals surface area contributed by atoms with Crippen molar-refractivity contribution in [3.8, 4) is 11.5 Å². The van der Waals surface area contributed by atoms with E-state index in [0.717, 1.165) is 0 Å². The van der Waals surface area contributed by atoms with Gasteiger partial charge in [-0.05, 0) is 62.6 Å². The third-order valence-electron chi connectivity index (χ3n) is 4.23. The van der Waals surface area contributed by atoms with Gasteiger partial charge in [0.05, 0.1) is 12.6 Å². The zero-order valence-electron chi connectivity index (χ0n) is 19.0. The van der Waals surface area contributed by atoms with Crippen LogP contribution in [0.3, 0.4) is 0 Å². The number of aliphatic hydroxyl groups excluding tert-OH is 1. The van der Waals surface area contributed by atoms with E-state index in [-0.39, 0.29) is 18.6 Å². The lowest BCUT2D eigenvalue weighted by molar-refractivity contribution is 0.0291. The number of tetrazole rings is 1. The molecule has 2 aromatic rings. The summed E-state index contributed by atoms with van der Waals surface area (Å²) in [6.45, 7) is 9.56. The molecule has 2 heterocycles. The normalized spacial score (nSPS) is 13.8. The number of nitrogens with zero attached hydrogens (tertiary/aromatic N) is 7. The summed E-state index contributed by atoms with van der Waals surface area (Å²) in [7, 11) is 1.72. The SMILES string of the molecule is C/N=C\C(C)CCN(Nc1cccc(-c2nnnn2[C@H](C)CO)n1)C(=O)OC(C)(C)C. The maximum Gasteiger partial charge on any atom is 0.429 e. The van der Waals surface area contributed by atoms with Crippen LogP contribution < -0.4 is 5.43 Å². The number of carbonyl (C=O) groups excluding carboxylic acids is 1. The van der Waals surface area contributed by atoms with Crippen LogP contribution in [-0.2, 0) is 4.74 Å². The predicted molar refractivity (Wildman–Crippen MR) is 118 cm³/mol. The number of aliphatic imine (C=N–C) groups is 1. The van der Waals surface area contributed by atoms with Crippen LogP contribution in [0.25, 0.3) is 11.5 Å². The summed E-state index contributed by atoms with van der Waals surface area (Å²) in [6, 6.07) is 4.98. The van der Waals surface area contributed by atoms with Gasteiger partial charge in [0.1, 0.15) is 17.1 Å². The van der Waals surface area contributed by atoms with E-state index in [2.05, 4.69) is 30.9 Å². The van der Waals surface area contributed by atoms with Crippen LogP contribution in [0.15, 0.2) is 23.2 Å². The molecule has 0 aliphatic heterocycles. The van der Waals surface area contributed by atoms with Crippen LogP contribution in [-0.4, -0.2) is 73.4 Å². The number of hydrazine groups is 1. The van der Waals surface area contributed by atoms with E-state index >= 15 is 0 Å². The minimum atomic E-state index is -0.634. The molecule has 0 aliphatic rings. The molecule has 2 N–H and O–H groups in total. The van der Waals surface area contributed by atoms with Gasteiger partial charge in [0.2, 0.25) is 5.82 Å². The molecule has 0 fully saturated rings. The zero-order valence-corrected chi connectivity index (χ0v) is 19.0. The van der Waals surface area contributed by atoms with Gasteiger partial charge in [-0.2, -0.15) is 0 Å². The number of amides is 1. The van der Waals surface area contributed by atoms with Crippen molar-refractivity contribution in [3.63, 3.8) is 0 Å². The Balaban J connectivity index is 2.24. The van der Waals surface area contributed by atoms with Gasteiger partial charge in [-0.15, -0.1) is 5.10 Å². The smallest absolute Gasteiger partial charge is 0.429 e. The van der Waals surface area contributed by atoms with Crippen molar-refractivity contribution in [3.05, 3.63) is 18.2 Å². The van der Waals surface area contributed by atoms with E-state index < -0.39 is 11.7 Å². The Labute approximate surface area is 182 Å². The highest BCUT2D eigenvalue weighted by molar-refractivity contribution is 5.70. The molecule has 0 saturated heterocycles. The Morgan fingerprint density at radius 1 is 1.39 bits per heavy atom. The molecule has 0 aromatic carbocycles. The lowest BCUT2D eigenvalue weighted by Gasteiger charge is -2.28. The van der Waals surface area contributed by atoms with E-state index in [4.69, 9.17) is 4.74 Å². The van der Waals surface area contributed by atoms with Crippen molar-refractivity contribution >= 4 is 18.1 Å². The highest BCUT2D eigenvalue weighted by atomic mass is 16.6. The maximum atomic E-state index is 12.7. The van der Waals surface area contributed by atoms with E-state index in [1.54, 1.807) is 32.2 Å². The van der Waals surface area contributed by atoms with Gasteiger partial charge < -0.3 is 14.8 Å². The van der Waals surface area contributed by atoms with Crippen molar-refractivity contribution < 1.29 is 14.6 Å². The Kier molecular flexibility index (Phi) is 8.43. The molecule has 0 radical (unpaired) electrons. The molecule has 0 spiro atoms. The Hall–Kier alpha value is -3.08. The van der Waals surface area contributed by atoms with E-state index in [9.17, 15) is 9.90 Å². The molecule has 0 saturated carbocycles. The second-order valence-electron chi connectivity index (χ2n) is 8.30. The number of rotatable bonds is 9. The standard InChI is InChI=1S/C20H32N8O3/c1-14(12-21-6)10-11-27(19(30)31-20(3,4)5)24-17-9-7-8-16(22-17)18-23-25-26-28(18)15(2)13-29/h7-9,12,14-15,29H,10-11,13H2,1-6H3,(H,22,24)/b21-12-/t14?,15-/m1/s1.